The van der Waals surface area contributed by atoms with Gasteiger partial charge in [-0.2, -0.15) is 9.29 Å². The Hall–Kier alpha value is -2.68. The number of anilines is 2. The van der Waals surface area contributed by atoms with Crippen molar-refractivity contribution in [3.05, 3.63) is 76.4 Å². The third kappa shape index (κ3) is 5.21. The van der Waals surface area contributed by atoms with E-state index in [9.17, 15) is 8.42 Å². The number of hydrogen-bond donors (Lipinski definition) is 0. The van der Waals surface area contributed by atoms with Gasteiger partial charge in [0.1, 0.15) is 5.82 Å². The fraction of sp³-hybridized carbons (Fsp3) is 0.407. The highest BCUT2D eigenvalue weighted by atomic mass is 35.5. The van der Waals surface area contributed by atoms with Gasteiger partial charge in [0.15, 0.2) is 0 Å². The first-order valence-corrected chi connectivity index (χ1v) is 14.3. The van der Waals surface area contributed by atoms with Crippen molar-refractivity contribution < 1.29 is 8.42 Å². The molecular weight excluding hydrogens is 494 g/mol. The molecule has 0 atom stereocenters. The molecule has 0 bridgehead atoms. The van der Waals surface area contributed by atoms with Gasteiger partial charge < -0.3 is 9.80 Å². The number of benzene rings is 2. The van der Waals surface area contributed by atoms with Gasteiger partial charge in [-0.3, -0.25) is 0 Å². The number of halogens is 1. The van der Waals surface area contributed by atoms with Crippen LogP contribution in [0, 0.1) is 5.92 Å². The van der Waals surface area contributed by atoms with Crippen LogP contribution in [0.1, 0.15) is 36.6 Å². The van der Waals surface area contributed by atoms with Crippen LogP contribution in [0.15, 0.2) is 59.5 Å². The predicted molar refractivity (Wildman–Crippen MR) is 144 cm³/mol. The Morgan fingerprint density at radius 2 is 1.69 bits per heavy atom. The molecule has 0 unspecified atom stereocenters. The third-order valence-corrected chi connectivity index (χ3v) is 9.24. The van der Waals surface area contributed by atoms with Gasteiger partial charge in [-0.25, -0.2) is 13.4 Å². The lowest BCUT2D eigenvalue weighted by Gasteiger charge is -2.36. The minimum atomic E-state index is -3.65. The standard InChI is InChI=1S/C27H32ClN5O2S/c1-20-12-15-32(16-13-20)26-24-19-33(36(34,35)23-10-8-22(28)9-11-23)17-14-25(24)29-27(30-26)31(2)18-21-6-4-3-5-7-21/h3-11,20H,12-19H2,1-2H3. The maximum Gasteiger partial charge on any atom is 0.243 e. The summed E-state index contributed by atoms with van der Waals surface area (Å²) in [5, 5.41) is 0.514. The summed E-state index contributed by atoms with van der Waals surface area (Å²) in [6.45, 7) is 5.46. The van der Waals surface area contributed by atoms with E-state index in [4.69, 9.17) is 21.6 Å². The third-order valence-electron chi connectivity index (χ3n) is 7.13. The summed E-state index contributed by atoms with van der Waals surface area (Å²) in [4.78, 5) is 14.6. The number of aromatic nitrogens is 2. The molecule has 3 aromatic rings. The van der Waals surface area contributed by atoms with Crippen LogP contribution in [0.3, 0.4) is 0 Å². The summed E-state index contributed by atoms with van der Waals surface area (Å²) >= 11 is 5.99. The quantitative estimate of drug-likeness (QED) is 0.462. The van der Waals surface area contributed by atoms with E-state index in [1.165, 1.54) is 5.56 Å². The molecule has 0 amide bonds. The Balaban J connectivity index is 1.48. The van der Waals surface area contributed by atoms with Gasteiger partial charge in [-0.05, 0) is 48.6 Å². The molecule has 1 fully saturated rings. The largest absolute Gasteiger partial charge is 0.356 e. The molecule has 2 aliphatic heterocycles. The monoisotopic (exact) mass is 525 g/mol. The maximum absolute atomic E-state index is 13.4. The summed E-state index contributed by atoms with van der Waals surface area (Å²) in [6, 6.07) is 16.6. The highest BCUT2D eigenvalue weighted by molar-refractivity contribution is 7.89. The van der Waals surface area contributed by atoms with Crippen molar-refractivity contribution in [2.75, 3.05) is 36.5 Å². The Morgan fingerprint density at radius 3 is 2.39 bits per heavy atom. The molecule has 0 radical (unpaired) electrons. The van der Waals surface area contributed by atoms with Crippen molar-refractivity contribution >= 4 is 33.4 Å². The topological polar surface area (TPSA) is 69.6 Å². The Labute approximate surface area is 218 Å². The number of rotatable bonds is 6. The second-order valence-corrected chi connectivity index (χ2v) is 12.2. The maximum atomic E-state index is 13.4. The van der Waals surface area contributed by atoms with Gasteiger partial charge in [0.05, 0.1) is 10.6 Å². The lowest BCUT2D eigenvalue weighted by Crippen LogP contribution is -2.40. The molecule has 5 rings (SSSR count). The summed E-state index contributed by atoms with van der Waals surface area (Å²) < 4.78 is 28.4. The second kappa shape index (κ2) is 10.4. The Bertz CT molecular complexity index is 1310. The van der Waals surface area contributed by atoms with Crippen LogP contribution in [0.2, 0.25) is 5.02 Å². The number of nitrogens with zero attached hydrogens (tertiary/aromatic N) is 5. The van der Waals surface area contributed by atoms with Gasteiger partial charge in [0.2, 0.25) is 16.0 Å². The Morgan fingerprint density at radius 1 is 1.00 bits per heavy atom. The first-order valence-electron chi connectivity index (χ1n) is 12.5. The second-order valence-electron chi connectivity index (χ2n) is 9.83. The molecule has 2 aromatic carbocycles. The molecule has 9 heteroatoms. The van der Waals surface area contributed by atoms with E-state index in [0.717, 1.165) is 43.0 Å². The smallest absolute Gasteiger partial charge is 0.243 e. The SMILES string of the molecule is CC1CCN(c2nc(N(C)Cc3ccccc3)nc3c2CN(S(=O)(=O)c2ccc(Cl)cc2)CC3)CC1. The van der Waals surface area contributed by atoms with Crippen LogP contribution in [-0.4, -0.2) is 49.4 Å². The molecule has 0 saturated carbocycles. The first kappa shape index (κ1) is 25.0. The average Bonchev–Trinajstić information content (AvgIpc) is 2.89. The van der Waals surface area contributed by atoms with Crippen molar-refractivity contribution in [1.29, 1.82) is 0 Å². The summed E-state index contributed by atoms with van der Waals surface area (Å²) in [5.74, 6) is 2.24. The lowest BCUT2D eigenvalue weighted by molar-refractivity contribution is 0.384. The first-order chi connectivity index (χ1) is 17.3. The van der Waals surface area contributed by atoms with Crippen molar-refractivity contribution in [1.82, 2.24) is 14.3 Å². The van der Waals surface area contributed by atoms with Crippen molar-refractivity contribution in [3.63, 3.8) is 0 Å². The van der Waals surface area contributed by atoms with E-state index in [0.29, 0.717) is 36.4 Å². The van der Waals surface area contributed by atoms with Gasteiger partial charge in [0.25, 0.3) is 0 Å². The molecule has 2 aliphatic rings. The van der Waals surface area contributed by atoms with Crippen LogP contribution in [0.4, 0.5) is 11.8 Å². The summed E-state index contributed by atoms with van der Waals surface area (Å²) in [6.07, 6.45) is 2.75. The van der Waals surface area contributed by atoms with Crippen molar-refractivity contribution in [2.24, 2.45) is 5.92 Å². The van der Waals surface area contributed by atoms with E-state index >= 15 is 0 Å². The molecule has 0 N–H and O–H groups in total. The van der Waals surface area contributed by atoms with Crippen LogP contribution >= 0.6 is 11.6 Å². The molecule has 3 heterocycles. The zero-order valence-corrected chi connectivity index (χ0v) is 22.3. The van der Waals surface area contributed by atoms with Crippen LogP contribution in [0.5, 0.6) is 0 Å². The summed E-state index contributed by atoms with van der Waals surface area (Å²) in [7, 11) is -1.64. The van der Waals surface area contributed by atoms with Crippen LogP contribution in [-0.2, 0) is 29.5 Å². The summed E-state index contributed by atoms with van der Waals surface area (Å²) in [5.41, 5.74) is 3.05. The molecule has 36 heavy (non-hydrogen) atoms. The van der Waals surface area contributed by atoms with E-state index in [-0.39, 0.29) is 11.4 Å². The highest BCUT2D eigenvalue weighted by Crippen LogP contribution is 2.33. The van der Waals surface area contributed by atoms with E-state index in [2.05, 4.69) is 28.9 Å². The van der Waals surface area contributed by atoms with Crippen LogP contribution in [0.25, 0.3) is 0 Å². The Kier molecular flexibility index (Phi) is 7.19. The molecule has 1 aromatic heterocycles. The molecule has 190 valence electrons. The van der Waals surface area contributed by atoms with E-state index < -0.39 is 10.0 Å². The fourth-order valence-electron chi connectivity index (χ4n) is 4.90. The van der Waals surface area contributed by atoms with E-state index in [1.54, 1.807) is 28.6 Å². The van der Waals surface area contributed by atoms with Gasteiger partial charge >= 0.3 is 0 Å². The van der Waals surface area contributed by atoms with Crippen molar-refractivity contribution in [2.45, 2.75) is 44.2 Å². The van der Waals surface area contributed by atoms with Crippen LogP contribution < -0.4 is 9.80 Å². The molecule has 0 aliphatic carbocycles. The number of hydrogen-bond acceptors (Lipinski definition) is 6. The van der Waals surface area contributed by atoms with Crippen molar-refractivity contribution in [3.8, 4) is 0 Å². The van der Waals surface area contributed by atoms with E-state index in [1.807, 2.05) is 25.2 Å². The molecule has 1 saturated heterocycles. The minimum Gasteiger partial charge on any atom is -0.356 e. The average molecular weight is 526 g/mol. The zero-order chi connectivity index (χ0) is 25.3. The molecule has 7 nitrogen and oxygen atoms in total. The normalized spacial score (nSPS) is 17.1. The number of fused-ring (bicyclic) bond motifs is 1. The fourth-order valence-corrected chi connectivity index (χ4v) is 6.44. The highest BCUT2D eigenvalue weighted by Gasteiger charge is 2.33. The predicted octanol–water partition coefficient (Wildman–Crippen LogP) is 4.75. The lowest BCUT2D eigenvalue weighted by atomic mass is 9.98. The van der Waals surface area contributed by atoms with Gasteiger partial charge in [-0.15, -0.1) is 0 Å². The number of sulfonamides is 1. The minimum absolute atomic E-state index is 0.254. The number of piperidine rings is 1. The zero-order valence-electron chi connectivity index (χ0n) is 20.8. The molecular formula is C27H32ClN5O2S. The molecule has 0 spiro atoms. The van der Waals surface area contributed by atoms with Gasteiger partial charge in [0, 0.05) is 56.8 Å². The van der Waals surface area contributed by atoms with Gasteiger partial charge in [-0.1, -0.05) is 48.9 Å².